The number of carbonyl (C=O) groups excluding carboxylic acids is 2. The summed E-state index contributed by atoms with van der Waals surface area (Å²) in [7, 11) is 1.65. The molecule has 1 aliphatic carbocycles. The largest absolute Gasteiger partial charge is 0.381 e. The summed E-state index contributed by atoms with van der Waals surface area (Å²) in [6.07, 6.45) is 7.99. The predicted molar refractivity (Wildman–Crippen MR) is 141 cm³/mol. The van der Waals surface area contributed by atoms with Crippen molar-refractivity contribution in [1.82, 2.24) is 4.90 Å². The third-order valence-electron chi connectivity index (χ3n) is 6.73. The topological polar surface area (TPSA) is 49.6 Å². The number of ether oxygens (including phenoxy) is 1. The zero-order valence-corrected chi connectivity index (χ0v) is 20.3. The van der Waals surface area contributed by atoms with Crippen LogP contribution in [0, 0.1) is 0 Å². The summed E-state index contributed by atoms with van der Waals surface area (Å²) in [5, 5.41) is 0. The lowest BCUT2D eigenvalue weighted by molar-refractivity contribution is -0.557. The molecule has 1 aliphatic heterocycles. The number of allylic oxidation sites excluding steroid dienone is 2. The fourth-order valence-corrected chi connectivity index (χ4v) is 5.06. The minimum absolute atomic E-state index is 0.0169. The molecule has 0 fully saturated rings. The van der Waals surface area contributed by atoms with E-state index in [1.54, 1.807) is 19.2 Å². The Kier molecular flexibility index (Phi) is 7.01. The number of carbonyl (C=O) groups is 2. The number of rotatable bonds is 8. The van der Waals surface area contributed by atoms with Gasteiger partial charge in [-0.15, -0.1) is 0 Å². The third-order valence-corrected chi connectivity index (χ3v) is 6.73. The lowest BCUT2D eigenvalue weighted by Gasteiger charge is -2.27. The average Bonchev–Trinajstić information content (AvgIpc) is 3.22. The number of amidine groups is 1. The van der Waals surface area contributed by atoms with Crippen molar-refractivity contribution in [3.8, 4) is 0 Å². The van der Waals surface area contributed by atoms with Crippen LogP contribution in [0.4, 0.5) is 0 Å². The fraction of sp³-hybridized carbons (Fsp3) is 0.194. The first-order chi connectivity index (χ1) is 17.7. The Morgan fingerprint density at radius 3 is 2.11 bits per heavy atom. The van der Waals surface area contributed by atoms with Gasteiger partial charge in [-0.2, -0.15) is 0 Å². The molecule has 2 aliphatic rings. The molecule has 0 amide bonds. The van der Waals surface area contributed by atoms with E-state index in [-0.39, 0.29) is 11.6 Å². The molecule has 5 rings (SSSR count). The van der Waals surface area contributed by atoms with Gasteiger partial charge >= 0.3 is 0 Å². The van der Waals surface area contributed by atoms with Gasteiger partial charge in [0, 0.05) is 24.3 Å². The standard InChI is InChI=1S/C31H29N2O3/c1-36-21-20-32-27(19-11-8-14-23-12-4-2-5-13-23)33(22-24-15-6-3-7-16-24)29-28(32)30(34)25-17-9-10-18-26(25)31(29)35/h2-19,28-29H,20-22H2,1H3/q+1/b14-8+,19-11+. The van der Waals surface area contributed by atoms with Crippen LogP contribution < -0.4 is 0 Å². The molecule has 5 heteroatoms. The highest BCUT2D eigenvalue weighted by atomic mass is 16.5. The summed E-state index contributed by atoms with van der Waals surface area (Å²) in [6, 6.07) is 26.1. The van der Waals surface area contributed by atoms with Crippen LogP contribution in [0.3, 0.4) is 0 Å². The maximum atomic E-state index is 13.8. The molecular weight excluding hydrogens is 448 g/mol. The highest BCUT2D eigenvalue weighted by molar-refractivity contribution is 6.20. The molecule has 0 bridgehead atoms. The van der Waals surface area contributed by atoms with Crippen molar-refractivity contribution < 1.29 is 18.9 Å². The quantitative estimate of drug-likeness (QED) is 0.350. The number of hydrogen-bond donors (Lipinski definition) is 0. The molecule has 2 unspecified atom stereocenters. The SMILES string of the molecule is COCCN1C(/C=C/C=C/c2ccccc2)=[N+](Cc2ccccc2)C2C(=O)c3ccccc3C(=O)C21. The van der Waals surface area contributed by atoms with Crippen molar-refractivity contribution in [3.63, 3.8) is 0 Å². The molecule has 0 radical (unpaired) electrons. The van der Waals surface area contributed by atoms with Crippen molar-refractivity contribution in [2.45, 2.75) is 18.6 Å². The Morgan fingerprint density at radius 2 is 1.42 bits per heavy atom. The molecule has 2 atom stereocenters. The lowest BCUT2D eigenvalue weighted by Crippen LogP contribution is -2.53. The van der Waals surface area contributed by atoms with Crippen LogP contribution >= 0.6 is 0 Å². The Hall–Kier alpha value is -4.09. The summed E-state index contributed by atoms with van der Waals surface area (Å²) in [6.45, 7) is 1.48. The maximum absolute atomic E-state index is 13.8. The highest BCUT2D eigenvalue weighted by Crippen LogP contribution is 2.32. The van der Waals surface area contributed by atoms with Crippen molar-refractivity contribution in [3.05, 3.63) is 125 Å². The molecule has 0 N–H and O–H groups in total. The van der Waals surface area contributed by atoms with E-state index in [0.717, 1.165) is 17.0 Å². The van der Waals surface area contributed by atoms with E-state index in [0.29, 0.717) is 30.8 Å². The van der Waals surface area contributed by atoms with Gasteiger partial charge in [0.15, 0.2) is 0 Å². The molecule has 3 aromatic carbocycles. The second-order valence-electron chi connectivity index (χ2n) is 8.95. The second kappa shape index (κ2) is 10.7. The van der Waals surface area contributed by atoms with E-state index < -0.39 is 12.1 Å². The van der Waals surface area contributed by atoms with Crippen LogP contribution in [0.2, 0.25) is 0 Å². The van der Waals surface area contributed by atoms with Gasteiger partial charge in [-0.25, -0.2) is 9.48 Å². The summed E-state index contributed by atoms with van der Waals surface area (Å²) >= 11 is 0. The number of ketones is 2. The van der Waals surface area contributed by atoms with Crippen LogP contribution in [0.5, 0.6) is 0 Å². The van der Waals surface area contributed by atoms with Crippen LogP contribution in [0.15, 0.2) is 103 Å². The first-order valence-corrected chi connectivity index (χ1v) is 12.2. The van der Waals surface area contributed by atoms with E-state index in [1.165, 1.54) is 0 Å². The van der Waals surface area contributed by atoms with E-state index in [9.17, 15) is 9.59 Å². The van der Waals surface area contributed by atoms with Gasteiger partial charge in [0.05, 0.1) is 6.61 Å². The lowest BCUT2D eigenvalue weighted by atomic mass is 9.82. The summed E-state index contributed by atoms with van der Waals surface area (Å²) < 4.78 is 7.47. The summed E-state index contributed by atoms with van der Waals surface area (Å²) in [4.78, 5) is 29.6. The molecule has 5 nitrogen and oxygen atoms in total. The van der Waals surface area contributed by atoms with Crippen molar-refractivity contribution in [1.29, 1.82) is 0 Å². The van der Waals surface area contributed by atoms with E-state index in [2.05, 4.69) is 4.58 Å². The van der Waals surface area contributed by atoms with Crippen molar-refractivity contribution in [2.24, 2.45) is 0 Å². The van der Waals surface area contributed by atoms with Gasteiger partial charge < -0.3 is 4.74 Å². The Balaban J connectivity index is 1.59. The Morgan fingerprint density at radius 1 is 0.806 bits per heavy atom. The Bertz CT molecular complexity index is 1340. The molecule has 1 heterocycles. The molecule has 3 aromatic rings. The number of Topliss-reactive ketones (excluding diaryl/α,β-unsaturated/α-hetero) is 2. The molecule has 0 saturated carbocycles. The van der Waals surface area contributed by atoms with Gasteiger partial charge in [-0.1, -0.05) is 103 Å². The number of fused-ring (bicyclic) bond motifs is 2. The van der Waals surface area contributed by atoms with Crippen LogP contribution in [-0.2, 0) is 11.3 Å². The fourth-order valence-electron chi connectivity index (χ4n) is 5.06. The second-order valence-corrected chi connectivity index (χ2v) is 8.95. The van der Waals surface area contributed by atoms with E-state index in [4.69, 9.17) is 4.74 Å². The zero-order chi connectivity index (χ0) is 24.9. The van der Waals surface area contributed by atoms with Gasteiger partial charge in [-0.3, -0.25) is 9.59 Å². The first kappa shape index (κ1) is 23.6. The van der Waals surface area contributed by atoms with Crippen LogP contribution in [-0.4, -0.2) is 59.2 Å². The summed E-state index contributed by atoms with van der Waals surface area (Å²) in [5.41, 5.74) is 3.18. The normalized spacial score (nSPS) is 19.4. The molecule has 180 valence electrons. The number of nitrogens with zero attached hydrogens (tertiary/aromatic N) is 2. The van der Waals surface area contributed by atoms with E-state index >= 15 is 0 Å². The van der Waals surface area contributed by atoms with Gasteiger partial charge in [0.1, 0.15) is 13.1 Å². The molecular formula is C31H29N2O3+. The van der Waals surface area contributed by atoms with E-state index in [1.807, 2.05) is 102 Å². The minimum atomic E-state index is -0.595. The van der Waals surface area contributed by atoms with Crippen LogP contribution in [0.1, 0.15) is 31.8 Å². The van der Waals surface area contributed by atoms with Crippen molar-refractivity contribution >= 4 is 23.5 Å². The smallest absolute Gasteiger partial charge is 0.273 e. The monoisotopic (exact) mass is 477 g/mol. The third kappa shape index (κ3) is 4.58. The van der Waals surface area contributed by atoms with Crippen LogP contribution in [0.25, 0.3) is 6.08 Å². The molecule has 0 saturated heterocycles. The van der Waals surface area contributed by atoms with Crippen molar-refractivity contribution in [2.75, 3.05) is 20.3 Å². The van der Waals surface area contributed by atoms with Gasteiger partial charge in [0.25, 0.3) is 5.84 Å². The maximum Gasteiger partial charge on any atom is 0.273 e. The first-order valence-electron chi connectivity index (χ1n) is 12.2. The zero-order valence-electron chi connectivity index (χ0n) is 20.3. The number of hydrogen-bond acceptors (Lipinski definition) is 4. The number of benzene rings is 3. The Labute approximate surface area is 211 Å². The predicted octanol–water partition coefficient (Wildman–Crippen LogP) is 4.65. The highest BCUT2D eigenvalue weighted by Gasteiger charge is 2.57. The average molecular weight is 478 g/mol. The molecule has 0 aromatic heterocycles. The molecule has 0 spiro atoms. The van der Waals surface area contributed by atoms with Gasteiger partial charge in [-0.05, 0) is 11.1 Å². The summed E-state index contributed by atoms with van der Waals surface area (Å²) in [5.74, 6) is 0.808. The molecule has 36 heavy (non-hydrogen) atoms. The van der Waals surface area contributed by atoms with Gasteiger partial charge in [0.2, 0.25) is 23.7 Å². The number of methoxy groups -OCH3 is 1. The minimum Gasteiger partial charge on any atom is -0.381 e.